The molecule has 0 aromatic rings. The van der Waals surface area contributed by atoms with E-state index < -0.39 is 5.97 Å². The Morgan fingerprint density at radius 3 is 2.71 bits per heavy atom. The van der Waals surface area contributed by atoms with Gasteiger partial charge in [-0.2, -0.15) is 0 Å². The van der Waals surface area contributed by atoms with Crippen molar-refractivity contribution < 1.29 is 14.3 Å². The Kier molecular flexibility index (Phi) is 3.04. The van der Waals surface area contributed by atoms with Gasteiger partial charge in [0, 0.05) is 0 Å². The molecule has 0 bridgehead atoms. The first-order chi connectivity index (χ1) is 3.27. The quantitative estimate of drug-likeness (QED) is 0.422. The van der Waals surface area contributed by atoms with Crippen LogP contribution >= 0.6 is 11.9 Å². The molecule has 7 heavy (non-hydrogen) atoms. The Balaban J connectivity index is 3.26. The van der Waals surface area contributed by atoms with Gasteiger partial charge < -0.3 is 5.11 Å². The Morgan fingerprint density at radius 2 is 2.57 bits per heavy atom. The molecule has 4 nitrogen and oxygen atoms in total. The van der Waals surface area contributed by atoms with Gasteiger partial charge in [0.15, 0.2) is 18.1 Å². The minimum absolute atomic E-state index is 0.535. The zero-order valence-corrected chi connectivity index (χ0v) is 3.92. The van der Waals surface area contributed by atoms with Gasteiger partial charge in [-0.3, -0.25) is 4.39 Å². The summed E-state index contributed by atoms with van der Waals surface area (Å²) in [5, 5.41) is 10.5. The van der Waals surface area contributed by atoms with Crippen molar-refractivity contribution >= 4 is 24.0 Å². The largest absolute Gasteiger partial charge is 0.477 e. The minimum Gasteiger partial charge on any atom is -0.477 e. The van der Waals surface area contributed by atoms with E-state index in [1.807, 2.05) is 0 Å². The first-order valence-corrected chi connectivity index (χ1v) is 1.62. The van der Waals surface area contributed by atoms with Crippen molar-refractivity contribution in [3.63, 3.8) is 0 Å². The summed E-state index contributed by atoms with van der Waals surface area (Å²) in [5.41, 5.74) is 0. The molecule has 0 heterocycles. The lowest BCUT2D eigenvalue weighted by atomic mass is 10.8. The van der Waals surface area contributed by atoms with Crippen LogP contribution in [0.5, 0.6) is 0 Å². The summed E-state index contributed by atoms with van der Waals surface area (Å²) >= 11 is 4.48. The molecule has 0 atom stereocenters. The number of hydrogen-bond donors (Lipinski definition) is 1. The number of hydrogen-bond acceptors (Lipinski definition) is 3. The fraction of sp³-hybridized carbons (Fsp3) is 0. The zero-order chi connectivity index (χ0) is 5.70. The number of rotatable bonds is 2. The van der Waals surface area contributed by atoms with Crippen molar-refractivity contribution in [3.8, 4) is 0 Å². The first kappa shape index (κ1) is 6.23. The van der Waals surface area contributed by atoms with Crippen LogP contribution in [0, 0.1) is 0 Å². The second-order valence-corrected chi connectivity index (χ2v) is 0.780. The lowest BCUT2D eigenvalue weighted by Crippen LogP contribution is -1.93. The summed E-state index contributed by atoms with van der Waals surface area (Å²) in [5.74, 6) is -1.19. The van der Waals surface area contributed by atoms with Gasteiger partial charge in [-0.15, -0.1) is 0 Å². The molecule has 1 N–H and O–H groups in total. The van der Waals surface area contributed by atoms with E-state index in [0.717, 1.165) is 0 Å². The van der Waals surface area contributed by atoms with E-state index in [9.17, 15) is 4.79 Å². The summed E-state index contributed by atoms with van der Waals surface area (Å²) in [6.07, 6.45) is 0.535. The predicted molar refractivity (Wildman–Crippen MR) is 23.1 cm³/mol. The van der Waals surface area contributed by atoms with E-state index in [2.05, 4.69) is 21.4 Å². The van der Waals surface area contributed by atoms with Crippen LogP contribution in [0.1, 0.15) is 0 Å². The van der Waals surface area contributed by atoms with Crippen molar-refractivity contribution in [3.05, 3.63) is 0 Å². The maximum atomic E-state index is 9.47. The average Bonchev–Trinajstić information content (AvgIpc) is 1.61. The van der Waals surface area contributed by atoms with E-state index >= 15 is 0 Å². The molecule has 0 saturated heterocycles. The van der Waals surface area contributed by atoms with Crippen LogP contribution in [0.4, 0.5) is 0 Å². The van der Waals surface area contributed by atoms with Crippen molar-refractivity contribution in [1.29, 1.82) is 0 Å². The molecule has 0 aliphatic heterocycles. The predicted octanol–water partition coefficient (Wildman–Crippen LogP) is 0.227. The molecule has 0 aromatic carbocycles. The second kappa shape index (κ2) is 3.42. The Bertz CT molecular complexity index is 90.9. The van der Waals surface area contributed by atoms with Crippen LogP contribution in [0.15, 0.2) is 5.16 Å². The second-order valence-electron chi connectivity index (χ2n) is 0.642. The van der Waals surface area contributed by atoms with E-state index in [0.29, 0.717) is 6.21 Å². The van der Waals surface area contributed by atoms with Crippen LogP contribution in [-0.4, -0.2) is 17.3 Å². The SMILES string of the molecule is O=C(O)/C=N/OCl. The van der Waals surface area contributed by atoms with Gasteiger partial charge in [0.25, 0.3) is 0 Å². The van der Waals surface area contributed by atoms with E-state index in [1.54, 1.807) is 0 Å². The minimum atomic E-state index is -1.19. The zero-order valence-electron chi connectivity index (χ0n) is 3.17. The molecule has 0 aliphatic carbocycles. The third-order valence-electron chi connectivity index (χ3n) is 0.203. The van der Waals surface area contributed by atoms with Crippen LogP contribution in [0.2, 0.25) is 0 Å². The molecular weight excluding hydrogens is 121 g/mol. The van der Waals surface area contributed by atoms with Gasteiger partial charge in [0.2, 0.25) is 0 Å². The maximum Gasteiger partial charge on any atom is 0.350 e. The van der Waals surface area contributed by atoms with Crippen LogP contribution in [0.3, 0.4) is 0 Å². The highest BCUT2D eigenvalue weighted by molar-refractivity contribution is 6.22. The van der Waals surface area contributed by atoms with Gasteiger partial charge in [0.1, 0.15) is 0 Å². The third kappa shape index (κ3) is 5.23. The Morgan fingerprint density at radius 1 is 2.00 bits per heavy atom. The molecular formula is C2H2ClNO3. The number of aliphatic carboxylic acids is 1. The van der Waals surface area contributed by atoms with Gasteiger partial charge in [-0.1, -0.05) is 5.16 Å². The van der Waals surface area contributed by atoms with Crippen molar-refractivity contribution in [2.75, 3.05) is 0 Å². The van der Waals surface area contributed by atoms with E-state index in [-0.39, 0.29) is 0 Å². The average molecular weight is 123 g/mol. The van der Waals surface area contributed by atoms with Crippen molar-refractivity contribution in [2.24, 2.45) is 5.16 Å². The van der Waals surface area contributed by atoms with Crippen LogP contribution in [-0.2, 0) is 9.18 Å². The molecule has 0 saturated carbocycles. The molecule has 0 aliphatic rings. The summed E-state index contributed by atoms with van der Waals surface area (Å²) in [7, 11) is 0. The molecule has 0 fully saturated rings. The van der Waals surface area contributed by atoms with Crippen LogP contribution < -0.4 is 0 Å². The topological polar surface area (TPSA) is 58.9 Å². The summed E-state index contributed by atoms with van der Waals surface area (Å²) < 4.78 is 3.51. The van der Waals surface area contributed by atoms with Gasteiger partial charge in [-0.05, 0) is 0 Å². The van der Waals surface area contributed by atoms with E-state index in [1.165, 1.54) is 0 Å². The molecule has 0 spiro atoms. The number of carboxylic acids is 1. The highest BCUT2D eigenvalue weighted by Gasteiger charge is 1.82. The van der Waals surface area contributed by atoms with E-state index in [4.69, 9.17) is 5.11 Å². The molecule has 0 unspecified atom stereocenters. The lowest BCUT2D eigenvalue weighted by molar-refractivity contribution is -0.128. The van der Waals surface area contributed by atoms with Crippen molar-refractivity contribution in [2.45, 2.75) is 0 Å². The molecule has 5 heteroatoms. The molecule has 0 radical (unpaired) electrons. The monoisotopic (exact) mass is 123 g/mol. The Labute approximate surface area is 44.5 Å². The molecule has 0 amide bonds. The summed E-state index contributed by atoms with van der Waals surface area (Å²) in [4.78, 5) is 9.47. The Hall–Kier alpha value is -0.770. The molecule has 0 rings (SSSR count). The smallest absolute Gasteiger partial charge is 0.350 e. The number of oxime groups is 1. The van der Waals surface area contributed by atoms with Crippen molar-refractivity contribution in [1.82, 2.24) is 0 Å². The number of carbonyl (C=O) groups is 1. The summed E-state index contributed by atoms with van der Waals surface area (Å²) in [6, 6.07) is 0. The van der Waals surface area contributed by atoms with Crippen LogP contribution in [0.25, 0.3) is 0 Å². The normalized spacial score (nSPS) is 9.29. The molecule has 40 valence electrons. The summed E-state index contributed by atoms with van der Waals surface area (Å²) in [6.45, 7) is 0. The fourth-order valence-corrected chi connectivity index (χ4v) is 0.105. The number of carboxylic acid groups (broad SMARTS) is 1. The van der Waals surface area contributed by atoms with Gasteiger partial charge >= 0.3 is 5.97 Å². The van der Waals surface area contributed by atoms with Gasteiger partial charge in [0.05, 0.1) is 0 Å². The third-order valence-corrected chi connectivity index (χ3v) is 0.283. The fourth-order valence-electron chi connectivity index (χ4n) is 0.0650. The van der Waals surface area contributed by atoms with Gasteiger partial charge in [-0.25, -0.2) is 4.79 Å². The standard InChI is InChI=1S/C2H2ClNO3/c3-7-4-1-2(5)6/h1H,(H,5,6)/b4-1+. The molecule has 0 aromatic heterocycles. The maximum absolute atomic E-state index is 9.47. The number of nitrogens with zero attached hydrogens (tertiary/aromatic N) is 1. The highest BCUT2D eigenvalue weighted by Crippen LogP contribution is 1.75. The first-order valence-electron chi connectivity index (χ1n) is 1.31. The highest BCUT2D eigenvalue weighted by atomic mass is 35.5. The number of halogens is 1. The lowest BCUT2D eigenvalue weighted by Gasteiger charge is -1.73.